The molecule has 0 amide bonds. The predicted octanol–water partition coefficient (Wildman–Crippen LogP) is 0.983. The second-order valence-corrected chi connectivity index (χ2v) is 4.64. The fourth-order valence-electron chi connectivity index (χ4n) is 1.39. The number of aryl methyl sites for hydroxylation is 1. The van der Waals surface area contributed by atoms with Crippen molar-refractivity contribution in [1.82, 2.24) is 9.88 Å². The first-order valence-corrected chi connectivity index (χ1v) is 5.75. The maximum atomic E-state index is 11.0. The molecule has 0 aromatic carbocycles. The van der Waals surface area contributed by atoms with Crippen LogP contribution in [0.1, 0.15) is 10.7 Å². The van der Waals surface area contributed by atoms with Crippen molar-refractivity contribution in [3.05, 3.63) is 16.1 Å². The van der Waals surface area contributed by atoms with Crippen molar-refractivity contribution in [3.63, 3.8) is 0 Å². The number of carboxylic acids is 1. The molecular weight excluding hydrogens is 228 g/mol. The van der Waals surface area contributed by atoms with Crippen LogP contribution < -0.4 is 0 Å². The minimum Gasteiger partial charge on any atom is -0.480 e. The molecule has 0 saturated heterocycles. The number of carbonyl (C=O) groups is 1. The minimum absolute atomic E-state index is 0.176. The van der Waals surface area contributed by atoms with E-state index in [0.717, 1.165) is 10.7 Å². The van der Waals surface area contributed by atoms with Gasteiger partial charge in [0, 0.05) is 19.0 Å². The van der Waals surface area contributed by atoms with Crippen LogP contribution in [0, 0.1) is 6.92 Å². The number of aromatic nitrogens is 1. The number of carboxylic acid groups (broad SMARTS) is 1. The van der Waals surface area contributed by atoms with Crippen LogP contribution in [0.2, 0.25) is 0 Å². The van der Waals surface area contributed by atoms with Crippen molar-refractivity contribution >= 4 is 17.3 Å². The van der Waals surface area contributed by atoms with E-state index in [2.05, 4.69) is 4.98 Å². The number of aliphatic carboxylic acids is 1. The highest BCUT2D eigenvalue weighted by atomic mass is 32.1. The summed E-state index contributed by atoms with van der Waals surface area (Å²) in [4.78, 5) is 17.0. The van der Waals surface area contributed by atoms with Gasteiger partial charge in [-0.1, -0.05) is 0 Å². The Labute approximate surface area is 98.7 Å². The lowest BCUT2D eigenvalue weighted by Gasteiger charge is -2.22. The zero-order valence-corrected chi connectivity index (χ0v) is 10.5. The van der Waals surface area contributed by atoms with Crippen LogP contribution >= 0.6 is 11.3 Å². The summed E-state index contributed by atoms with van der Waals surface area (Å²) in [6.07, 6.45) is 0. The maximum absolute atomic E-state index is 11.0. The first-order chi connectivity index (χ1) is 7.54. The van der Waals surface area contributed by atoms with E-state index in [9.17, 15) is 4.79 Å². The van der Waals surface area contributed by atoms with Gasteiger partial charge in [-0.15, -0.1) is 11.3 Å². The van der Waals surface area contributed by atoms with Gasteiger partial charge < -0.3 is 9.84 Å². The van der Waals surface area contributed by atoms with E-state index >= 15 is 0 Å². The lowest BCUT2D eigenvalue weighted by atomic mass is 10.2. The second kappa shape index (κ2) is 5.93. The molecule has 1 unspecified atom stereocenters. The standard InChI is InChI=1S/C10H16N2O3S/c1-7-11-8(6-16-7)4-12(2)9(5-15-3)10(13)14/h6,9H,4-5H2,1-3H3,(H,13,14). The van der Waals surface area contributed by atoms with E-state index in [1.807, 2.05) is 12.3 Å². The van der Waals surface area contributed by atoms with Gasteiger partial charge in [-0.05, 0) is 14.0 Å². The predicted molar refractivity (Wildman–Crippen MR) is 61.6 cm³/mol. The average molecular weight is 244 g/mol. The zero-order valence-electron chi connectivity index (χ0n) is 9.64. The highest BCUT2D eigenvalue weighted by molar-refractivity contribution is 7.09. The molecule has 90 valence electrons. The van der Waals surface area contributed by atoms with Crippen molar-refractivity contribution in [2.75, 3.05) is 20.8 Å². The van der Waals surface area contributed by atoms with Gasteiger partial charge in [-0.2, -0.15) is 0 Å². The van der Waals surface area contributed by atoms with E-state index in [1.54, 1.807) is 23.3 Å². The van der Waals surface area contributed by atoms with Crippen LogP contribution in [0.25, 0.3) is 0 Å². The van der Waals surface area contributed by atoms with E-state index in [-0.39, 0.29) is 6.61 Å². The summed E-state index contributed by atoms with van der Waals surface area (Å²) in [5, 5.41) is 11.9. The van der Waals surface area contributed by atoms with Crippen molar-refractivity contribution in [2.24, 2.45) is 0 Å². The number of likely N-dealkylation sites (N-methyl/N-ethyl adjacent to an activating group) is 1. The summed E-state index contributed by atoms with van der Waals surface area (Å²) in [5.74, 6) is -0.878. The smallest absolute Gasteiger partial charge is 0.323 e. The van der Waals surface area contributed by atoms with Gasteiger partial charge in [0.15, 0.2) is 0 Å². The van der Waals surface area contributed by atoms with Crippen molar-refractivity contribution < 1.29 is 14.6 Å². The molecule has 1 heterocycles. The third-order valence-corrected chi connectivity index (χ3v) is 3.04. The van der Waals surface area contributed by atoms with Crippen LogP contribution in [0.15, 0.2) is 5.38 Å². The largest absolute Gasteiger partial charge is 0.480 e. The van der Waals surface area contributed by atoms with Gasteiger partial charge in [0.05, 0.1) is 17.3 Å². The highest BCUT2D eigenvalue weighted by Crippen LogP contribution is 2.11. The number of nitrogens with zero attached hydrogens (tertiary/aromatic N) is 2. The molecule has 6 heteroatoms. The van der Waals surface area contributed by atoms with Crippen molar-refractivity contribution in [3.8, 4) is 0 Å². The Morgan fingerprint density at radius 2 is 2.44 bits per heavy atom. The molecule has 1 aromatic rings. The van der Waals surface area contributed by atoms with Gasteiger partial charge >= 0.3 is 5.97 Å². The summed E-state index contributed by atoms with van der Waals surface area (Å²) < 4.78 is 4.89. The molecule has 0 bridgehead atoms. The summed E-state index contributed by atoms with van der Waals surface area (Å²) in [6.45, 7) is 2.62. The molecular formula is C10H16N2O3S. The number of thiazole rings is 1. The summed E-state index contributed by atoms with van der Waals surface area (Å²) in [5.41, 5.74) is 0.896. The van der Waals surface area contributed by atoms with Crippen LogP contribution in [-0.4, -0.2) is 47.8 Å². The van der Waals surface area contributed by atoms with E-state index in [0.29, 0.717) is 6.54 Å². The first-order valence-electron chi connectivity index (χ1n) is 4.87. The molecule has 0 spiro atoms. The summed E-state index contributed by atoms with van der Waals surface area (Å²) in [6, 6.07) is -0.632. The molecule has 0 aliphatic carbocycles. The van der Waals surface area contributed by atoms with Crippen molar-refractivity contribution in [1.29, 1.82) is 0 Å². The Kier molecular flexibility index (Phi) is 4.85. The minimum atomic E-state index is -0.878. The Hall–Kier alpha value is -0.980. The van der Waals surface area contributed by atoms with Crippen LogP contribution in [-0.2, 0) is 16.1 Å². The lowest BCUT2D eigenvalue weighted by molar-refractivity contribution is -0.145. The summed E-state index contributed by atoms with van der Waals surface area (Å²) >= 11 is 1.56. The van der Waals surface area contributed by atoms with Crippen LogP contribution in [0.3, 0.4) is 0 Å². The van der Waals surface area contributed by atoms with E-state index < -0.39 is 12.0 Å². The number of hydrogen-bond acceptors (Lipinski definition) is 5. The molecule has 16 heavy (non-hydrogen) atoms. The maximum Gasteiger partial charge on any atom is 0.323 e. The van der Waals surface area contributed by atoms with E-state index in [1.165, 1.54) is 7.11 Å². The van der Waals surface area contributed by atoms with E-state index in [4.69, 9.17) is 9.84 Å². The second-order valence-electron chi connectivity index (χ2n) is 3.58. The third kappa shape index (κ3) is 3.55. The highest BCUT2D eigenvalue weighted by Gasteiger charge is 2.22. The SMILES string of the molecule is COCC(C(=O)O)N(C)Cc1csc(C)n1. The van der Waals surface area contributed by atoms with Crippen LogP contribution in [0.4, 0.5) is 0 Å². The molecule has 0 saturated carbocycles. The molecule has 1 N–H and O–H groups in total. The Morgan fingerprint density at radius 1 is 1.75 bits per heavy atom. The Balaban J connectivity index is 2.61. The van der Waals surface area contributed by atoms with Gasteiger partial charge in [0.2, 0.25) is 0 Å². The Morgan fingerprint density at radius 3 is 2.88 bits per heavy atom. The number of methoxy groups -OCH3 is 1. The molecule has 0 fully saturated rings. The zero-order chi connectivity index (χ0) is 12.1. The molecule has 1 aromatic heterocycles. The number of hydrogen-bond donors (Lipinski definition) is 1. The van der Waals surface area contributed by atoms with Gasteiger partial charge in [0.25, 0.3) is 0 Å². The molecule has 1 rings (SSSR count). The monoisotopic (exact) mass is 244 g/mol. The molecule has 1 atom stereocenters. The lowest BCUT2D eigenvalue weighted by Crippen LogP contribution is -2.41. The first kappa shape index (κ1) is 13.1. The fourth-order valence-corrected chi connectivity index (χ4v) is 2.00. The fraction of sp³-hybridized carbons (Fsp3) is 0.600. The van der Waals surface area contributed by atoms with Gasteiger partial charge in [0.1, 0.15) is 6.04 Å². The number of ether oxygens (including phenoxy) is 1. The summed E-state index contributed by atoms with van der Waals surface area (Å²) in [7, 11) is 3.25. The normalized spacial score (nSPS) is 13.0. The van der Waals surface area contributed by atoms with Gasteiger partial charge in [-0.3, -0.25) is 9.69 Å². The quantitative estimate of drug-likeness (QED) is 0.808. The van der Waals surface area contributed by atoms with Crippen molar-refractivity contribution in [2.45, 2.75) is 19.5 Å². The molecule has 5 nitrogen and oxygen atoms in total. The average Bonchev–Trinajstić information content (AvgIpc) is 2.59. The van der Waals surface area contributed by atoms with Gasteiger partial charge in [-0.25, -0.2) is 4.98 Å². The number of rotatable bonds is 6. The molecule has 0 aliphatic rings. The Bertz CT molecular complexity index is 354. The topological polar surface area (TPSA) is 62.7 Å². The molecule has 0 aliphatic heterocycles. The third-order valence-electron chi connectivity index (χ3n) is 2.22. The van der Waals surface area contributed by atoms with Crippen LogP contribution in [0.5, 0.6) is 0 Å². The molecule has 0 radical (unpaired) electrons.